The van der Waals surface area contributed by atoms with E-state index in [-0.39, 0.29) is 5.56 Å². The van der Waals surface area contributed by atoms with Crippen LogP contribution in [0.2, 0.25) is 0 Å². The van der Waals surface area contributed by atoms with Crippen molar-refractivity contribution in [2.24, 2.45) is 0 Å². The predicted octanol–water partition coefficient (Wildman–Crippen LogP) is 0.184. The highest BCUT2D eigenvalue weighted by Gasteiger charge is 2.06. The largest absolute Gasteiger partial charge is 0.391 e. The molecule has 7 heteroatoms. The van der Waals surface area contributed by atoms with Gasteiger partial charge in [-0.15, -0.1) is 0 Å². The summed E-state index contributed by atoms with van der Waals surface area (Å²) in [5.41, 5.74) is -0.171. The van der Waals surface area contributed by atoms with E-state index >= 15 is 0 Å². The lowest BCUT2D eigenvalue weighted by Gasteiger charge is -2.10. The lowest BCUT2D eigenvalue weighted by molar-refractivity contribution is 0.0615. The molecule has 0 saturated carbocycles. The predicted molar refractivity (Wildman–Crippen MR) is 68.6 cm³/mol. The monoisotopic (exact) mass is 339 g/mol. The third-order valence-corrected chi connectivity index (χ3v) is 2.93. The molecule has 90 valence electrons. The molecule has 0 radical (unpaired) electrons. The number of nitrogens with one attached hydrogen (secondary N) is 2. The molecule has 0 saturated heterocycles. The van der Waals surface area contributed by atoms with Gasteiger partial charge >= 0.3 is 0 Å². The Balaban J connectivity index is 2.43. The van der Waals surface area contributed by atoms with Gasteiger partial charge in [-0.2, -0.15) is 0 Å². The standard InChI is InChI=1S/C9H14IN3O3/c1-16-4-6(14)2-3-11-8-7(10)9(15)13-5-12-8/h5-6,14H,2-4H2,1H3,(H2,11,12,13,15). The third-order valence-electron chi connectivity index (χ3n) is 1.93. The van der Waals surface area contributed by atoms with Crippen LogP contribution in [0.4, 0.5) is 5.82 Å². The number of ether oxygens (including phenoxy) is 1. The van der Waals surface area contributed by atoms with Gasteiger partial charge in [-0.1, -0.05) is 0 Å². The van der Waals surface area contributed by atoms with E-state index in [2.05, 4.69) is 15.3 Å². The highest BCUT2D eigenvalue weighted by molar-refractivity contribution is 14.1. The maximum absolute atomic E-state index is 11.2. The average Bonchev–Trinajstić information content (AvgIpc) is 2.25. The summed E-state index contributed by atoms with van der Waals surface area (Å²) >= 11 is 1.92. The van der Waals surface area contributed by atoms with E-state index in [0.717, 1.165) is 0 Å². The Morgan fingerprint density at radius 1 is 1.75 bits per heavy atom. The zero-order chi connectivity index (χ0) is 12.0. The van der Waals surface area contributed by atoms with Gasteiger partial charge in [0, 0.05) is 13.7 Å². The van der Waals surface area contributed by atoms with E-state index in [0.29, 0.717) is 29.0 Å². The van der Waals surface area contributed by atoms with Crippen LogP contribution < -0.4 is 10.9 Å². The number of aromatic nitrogens is 2. The topological polar surface area (TPSA) is 87.2 Å². The number of methoxy groups -OCH3 is 1. The van der Waals surface area contributed by atoms with Crippen molar-refractivity contribution in [1.29, 1.82) is 0 Å². The van der Waals surface area contributed by atoms with Gasteiger partial charge in [-0.25, -0.2) is 4.98 Å². The van der Waals surface area contributed by atoms with Crippen LogP contribution in [-0.4, -0.2) is 41.4 Å². The summed E-state index contributed by atoms with van der Waals surface area (Å²) in [6, 6.07) is 0. The van der Waals surface area contributed by atoms with Gasteiger partial charge in [-0.05, 0) is 29.0 Å². The molecule has 0 aromatic carbocycles. The molecular weight excluding hydrogens is 325 g/mol. The summed E-state index contributed by atoms with van der Waals surface area (Å²) in [6.07, 6.45) is 1.38. The summed E-state index contributed by atoms with van der Waals surface area (Å²) in [5.74, 6) is 0.536. The smallest absolute Gasteiger partial charge is 0.266 e. The van der Waals surface area contributed by atoms with Crippen LogP contribution in [0.15, 0.2) is 11.1 Å². The Hall–Kier alpha value is -0.670. The minimum atomic E-state index is -0.503. The minimum absolute atomic E-state index is 0.171. The molecule has 1 aromatic heterocycles. The number of halogens is 1. The zero-order valence-electron chi connectivity index (χ0n) is 8.86. The molecule has 1 atom stereocenters. The van der Waals surface area contributed by atoms with Gasteiger partial charge in [-0.3, -0.25) is 4.79 Å². The number of anilines is 1. The van der Waals surface area contributed by atoms with E-state index in [9.17, 15) is 9.90 Å². The Morgan fingerprint density at radius 2 is 2.50 bits per heavy atom. The van der Waals surface area contributed by atoms with Crippen molar-refractivity contribution in [3.05, 3.63) is 20.3 Å². The maximum Gasteiger partial charge on any atom is 0.266 e. The number of hydrogen-bond donors (Lipinski definition) is 3. The summed E-state index contributed by atoms with van der Waals surface area (Å²) in [6.45, 7) is 0.846. The molecule has 0 aliphatic carbocycles. The summed E-state index contributed by atoms with van der Waals surface area (Å²) in [7, 11) is 1.54. The highest BCUT2D eigenvalue weighted by atomic mass is 127. The second-order valence-electron chi connectivity index (χ2n) is 3.22. The van der Waals surface area contributed by atoms with Crippen molar-refractivity contribution in [3.8, 4) is 0 Å². The van der Waals surface area contributed by atoms with E-state index in [1.165, 1.54) is 13.4 Å². The summed E-state index contributed by atoms with van der Waals surface area (Å²) < 4.78 is 5.31. The van der Waals surface area contributed by atoms with Crippen LogP contribution in [-0.2, 0) is 4.74 Å². The molecule has 0 aliphatic heterocycles. The van der Waals surface area contributed by atoms with Crippen molar-refractivity contribution in [2.45, 2.75) is 12.5 Å². The number of rotatable bonds is 6. The Bertz CT molecular complexity index is 383. The van der Waals surface area contributed by atoms with E-state index < -0.39 is 6.10 Å². The molecule has 3 N–H and O–H groups in total. The average molecular weight is 339 g/mol. The molecule has 1 unspecified atom stereocenters. The molecule has 1 rings (SSSR count). The van der Waals surface area contributed by atoms with Crippen LogP contribution in [0.1, 0.15) is 6.42 Å². The molecule has 0 amide bonds. The fourth-order valence-corrected chi connectivity index (χ4v) is 1.62. The van der Waals surface area contributed by atoms with Gasteiger partial charge in [0.2, 0.25) is 0 Å². The Labute approximate surface area is 107 Å². The van der Waals surface area contributed by atoms with Crippen LogP contribution >= 0.6 is 22.6 Å². The first kappa shape index (κ1) is 13.4. The first-order valence-corrected chi connectivity index (χ1v) is 5.87. The first-order chi connectivity index (χ1) is 7.65. The van der Waals surface area contributed by atoms with Crippen molar-refractivity contribution in [1.82, 2.24) is 9.97 Å². The van der Waals surface area contributed by atoms with Gasteiger partial charge in [0.25, 0.3) is 5.56 Å². The molecule has 1 aromatic rings. The van der Waals surface area contributed by atoms with E-state index in [1.807, 2.05) is 22.6 Å². The third kappa shape index (κ3) is 4.06. The fourth-order valence-electron chi connectivity index (χ4n) is 1.14. The number of aromatic amines is 1. The Kier molecular flexibility index (Phi) is 5.71. The lowest BCUT2D eigenvalue weighted by atomic mass is 10.2. The number of H-pyrrole nitrogens is 1. The molecular formula is C9H14IN3O3. The Morgan fingerprint density at radius 3 is 3.19 bits per heavy atom. The van der Waals surface area contributed by atoms with Crippen molar-refractivity contribution >= 4 is 28.4 Å². The molecule has 6 nitrogen and oxygen atoms in total. The number of aliphatic hydroxyl groups excluding tert-OH is 1. The summed E-state index contributed by atoms with van der Waals surface area (Å²) in [5, 5.41) is 12.4. The normalized spacial score (nSPS) is 12.4. The highest BCUT2D eigenvalue weighted by Crippen LogP contribution is 2.08. The second kappa shape index (κ2) is 6.81. The van der Waals surface area contributed by atoms with Crippen LogP contribution in [0.5, 0.6) is 0 Å². The summed E-state index contributed by atoms with van der Waals surface area (Å²) in [4.78, 5) is 17.7. The molecule has 0 bridgehead atoms. The molecule has 16 heavy (non-hydrogen) atoms. The van der Waals surface area contributed by atoms with E-state index in [4.69, 9.17) is 4.74 Å². The number of nitrogens with zero attached hydrogens (tertiary/aromatic N) is 1. The zero-order valence-corrected chi connectivity index (χ0v) is 11.0. The maximum atomic E-state index is 11.2. The lowest BCUT2D eigenvalue weighted by Crippen LogP contribution is -2.20. The van der Waals surface area contributed by atoms with Crippen LogP contribution in [0.25, 0.3) is 0 Å². The molecule has 0 aliphatic rings. The van der Waals surface area contributed by atoms with Crippen molar-refractivity contribution in [3.63, 3.8) is 0 Å². The molecule has 1 heterocycles. The van der Waals surface area contributed by atoms with Gasteiger partial charge in [0.15, 0.2) is 0 Å². The van der Waals surface area contributed by atoms with Crippen LogP contribution in [0, 0.1) is 3.57 Å². The molecule has 0 spiro atoms. The van der Waals surface area contributed by atoms with Gasteiger partial charge < -0.3 is 20.1 Å². The molecule has 0 fully saturated rings. The first-order valence-electron chi connectivity index (χ1n) is 4.79. The fraction of sp³-hybridized carbons (Fsp3) is 0.556. The van der Waals surface area contributed by atoms with Crippen molar-refractivity contribution in [2.75, 3.05) is 25.6 Å². The number of hydrogen-bond acceptors (Lipinski definition) is 5. The minimum Gasteiger partial charge on any atom is -0.391 e. The van der Waals surface area contributed by atoms with Gasteiger partial charge in [0.1, 0.15) is 9.39 Å². The van der Waals surface area contributed by atoms with Crippen LogP contribution in [0.3, 0.4) is 0 Å². The second-order valence-corrected chi connectivity index (χ2v) is 4.30. The van der Waals surface area contributed by atoms with Crippen molar-refractivity contribution < 1.29 is 9.84 Å². The van der Waals surface area contributed by atoms with Gasteiger partial charge in [0.05, 0.1) is 19.0 Å². The quantitative estimate of drug-likeness (QED) is 0.644. The van der Waals surface area contributed by atoms with E-state index in [1.54, 1.807) is 0 Å². The number of aliphatic hydroxyl groups is 1. The SMILES string of the molecule is COCC(O)CCNc1nc[nH]c(=O)c1I.